The number of hydrogen-bond acceptors (Lipinski definition) is 5. The summed E-state index contributed by atoms with van der Waals surface area (Å²) in [6.45, 7) is 6.93. The molecule has 0 aliphatic rings. The first-order valence-corrected chi connectivity index (χ1v) is 8.99. The predicted molar refractivity (Wildman–Crippen MR) is 97.6 cm³/mol. The molecule has 0 amide bonds. The monoisotopic (exact) mass is 347 g/mol. The van der Waals surface area contributed by atoms with Crippen molar-refractivity contribution in [1.82, 2.24) is 5.32 Å². The topological polar surface area (TPSA) is 47.6 Å². The summed E-state index contributed by atoms with van der Waals surface area (Å²) in [7, 11) is 1.36. The molecule has 1 N–H and O–H groups in total. The highest BCUT2D eigenvalue weighted by molar-refractivity contribution is 7.10. The number of thiophene rings is 1. The van der Waals surface area contributed by atoms with E-state index >= 15 is 0 Å². The van der Waals surface area contributed by atoms with Gasteiger partial charge >= 0.3 is 5.97 Å². The van der Waals surface area contributed by atoms with Crippen LogP contribution in [0, 0.1) is 13.8 Å². The molecule has 130 valence electrons. The minimum atomic E-state index is -0.374. The van der Waals surface area contributed by atoms with Gasteiger partial charge in [-0.2, -0.15) is 0 Å². The number of benzene rings is 1. The first-order chi connectivity index (χ1) is 11.5. The van der Waals surface area contributed by atoms with Crippen LogP contribution in [0.1, 0.15) is 41.0 Å². The summed E-state index contributed by atoms with van der Waals surface area (Å²) in [5.41, 5.74) is 3.27. The van der Waals surface area contributed by atoms with Crippen molar-refractivity contribution in [2.45, 2.75) is 39.8 Å². The average molecular weight is 347 g/mol. The molecule has 4 nitrogen and oxygen atoms in total. The van der Waals surface area contributed by atoms with Gasteiger partial charge in [-0.15, -0.1) is 11.3 Å². The van der Waals surface area contributed by atoms with Crippen LogP contribution in [0.5, 0.6) is 5.75 Å². The third-order valence-electron chi connectivity index (χ3n) is 3.93. The van der Waals surface area contributed by atoms with Crippen LogP contribution in [0.3, 0.4) is 0 Å². The first-order valence-electron chi connectivity index (χ1n) is 8.11. The number of nitrogens with one attached hydrogen (secondary N) is 1. The molecule has 0 spiro atoms. The lowest BCUT2D eigenvalue weighted by Gasteiger charge is -2.17. The van der Waals surface area contributed by atoms with Crippen molar-refractivity contribution in [1.29, 1.82) is 0 Å². The van der Waals surface area contributed by atoms with E-state index in [9.17, 15) is 4.79 Å². The summed E-state index contributed by atoms with van der Waals surface area (Å²) in [5, 5.41) is 5.73. The first kappa shape index (κ1) is 18.5. The fourth-order valence-electron chi connectivity index (χ4n) is 2.74. The summed E-state index contributed by atoms with van der Waals surface area (Å²) < 4.78 is 10.2. The van der Waals surface area contributed by atoms with Crippen LogP contribution in [0.25, 0.3) is 0 Å². The van der Waals surface area contributed by atoms with Gasteiger partial charge in [0.15, 0.2) is 6.61 Å². The maximum absolute atomic E-state index is 11.2. The second kappa shape index (κ2) is 8.85. The molecule has 0 aliphatic heterocycles. The lowest BCUT2D eigenvalue weighted by molar-refractivity contribution is -0.142. The van der Waals surface area contributed by atoms with Crippen LogP contribution in [-0.2, 0) is 16.1 Å². The Labute approximate surface area is 147 Å². The number of aryl methyl sites for hydroxylation is 2. The van der Waals surface area contributed by atoms with Crippen molar-refractivity contribution < 1.29 is 14.3 Å². The molecule has 1 aromatic heterocycles. The zero-order valence-corrected chi connectivity index (χ0v) is 15.5. The summed E-state index contributed by atoms with van der Waals surface area (Å²) in [6.07, 6.45) is 1.05. The minimum absolute atomic E-state index is 0.0634. The number of esters is 1. The molecule has 0 saturated carbocycles. The van der Waals surface area contributed by atoms with E-state index in [1.807, 2.05) is 13.8 Å². The van der Waals surface area contributed by atoms with Gasteiger partial charge in [0.05, 0.1) is 7.11 Å². The van der Waals surface area contributed by atoms with Gasteiger partial charge in [0.1, 0.15) is 5.75 Å². The van der Waals surface area contributed by atoms with Crippen molar-refractivity contribution in [3.05, 3.63) is 51.2 Å². The van der Waals surface area contributed by atoms with Gasteiger partial charge in [0.25, 0.3) is 0 Å². The second-order valence-electron chi connectivity index (χ2n) is 5.78. The quantitative estimate of drug-likeness (QED) is 0.729. The summed E-state index contributed by atoms with van der Waals surface area (Å²) in [4.78, 5) is 12.6. The SMILES string of the molecule is CCC(NCc1cc(C)c(OCC(=O)OC)c(C)c1)c1cccs1. The van der Waals surface area contributed by atoms with Gasteiger partial charge in [-0.3, -0.25) is 0 Å². The summed E-state index contributed by atoms with van der Waals surface area (Å²) >= 11 is 1.78. The number of carbonyl (C=O) groups excluding carboxylic acids is 1. The van der Waals surface area contributed by atoms with E-state index in [0.29, 0.717) is 6.04 Å². The minimum Gasteiger partial charge on any atom is -0.481 e. The molecular formula is C19H25NO3S. The third kappa shape index (κ3) is 4.82. The summed E-state index contributed by atoms with van der Waals surface area (Å²) in [6, 6.07) is 8.85. The van der Waals surface area contributed by atoms with E-state index in [-0.39, 0.29) is 12.6 Å². The highest BCUT2D eigenvalue weighted by Crippen LogP contribution is 2.26. The van der Waals surface area contributed by atoms with Gasteiger partial charge in [-0.25, -0.2) is 4.79 Å². The number of hydrogen-bond donors (Lipinski definition) is 1. The fourth-order valence-corrected chi connectivity index (χ4v) is 3.62. The van der Waals surface area contributed by atoms with E-state index in [1.54, 1.807) is 11.3 Å². The van der Waals surface area contributed by atoms with Crippen molar-refractivity contribution in [3.8, 4) is 5.75 Å². The van der Waals surface area contributed by atoms with Gasteiger partial charge in [0, 0.05) is 17.5 Å². The van der Waals surface area contributed by atoms with E-state index in [1.165, 1.54) is 17.6 Å². The normalized spacial score (nSPS) is 12.0. The Hall–Kier alpha value is -1.85. The van der Waals surface area contributed by atoms with Crippen LogP contribution in [0.2, 0.25) is 0 Å². The maximum atomic E-state index is 11.2. The lowest BCUT2D eigenvalue weighted by Crippen LogP contribution is -2.19. The van der Waals surface area contributed by atoms with Crippen molar-refractivity contribution in [2.24, 2.45) is 0 Å². The molecule has 5 heteroatoms. The molecule has 1 atom stereocenters. The van der Waals surface area contributed by atoms with Gasteiger partial charge in [0.2, 0.25) is 0 Å². The Balaban J connectivity index is 2.02. The summed E-state index contributed by atoms with van der Waals surface area (Å²) in [5.74, 6) is 0.385. The maximum Gasteiger partial charge on any atom is 0.343 e. The Morgan fingerprint density at radius 1 is 1.29 bits per heavy atom. The Morgan fingerprint density at radius 2 is 2.00 bits per heavy atom. The standard InChI is InChI=1S/C19H25NO3S/c1-5-16(17-7-6-8-24-17)20-11-15-9-13(2)19(14(3)10-15)23-12-18(21)22-4/h6-10,16,20H,5,11-12H2,1-4H3. The van der Waals surface area contributed by atoms with Gasteiger partial charge < -0.3 is 14.8 Å². The van der Waals surface area contributed by atoms with E-state index in [2.05, 4.69) is 46.6 Å². The number of carbonyl (C=O) groups is 1. The molecular weight excluding hydrogens is 322 g/mol. The van der Waals surface area contributed by atoms with Crippen LogP contribution in [0.4, 0.5) is 0 Å². The molecule has 2 rings (SSSR count). The molecule has 2 aromatic rings. The lowest BCUT2D eigenvalue weighted by atomic mass is 10.0. The number of ether oxygens (including phenoxy) is 2. The van der Waals surface area contributed by atoms with Gasteiger partial charge in [-0.1, -0.05) is 25.1 Å². The molecule has 24 heavy (non-hydrogen) atoms. The zero-order chi connectivity index (χ0) is 17.5. The van der Waals surface area contributed by atoms with E-state index in [4.69, 9.17) is 4.74 Å². The van der Waals surface area contributed by atoms with E-state index < -0.39 is 0 Å². The third-order valence-corrected chi connectivity index (χ3v) is 4.92. The van der Waals surface area contributed by atoms with Crippen LogP contribution in [0.15, 0.2) is 29.6 Å². The van der Waals surface area contributed by atoms with Crippen LogP contribution in [-0.4, -0.2) is 19.7 Å². The molecule has 0 aliphatic carbocycles. The van der Waals surface area contributed by atoms with Crippen molar-refractivity contribution in [3.63, 3.8) is 0 Å². The average Bonchev–Trinajstić information content (AvgIpc) is 3.08. The highest BCUT2D eigenvalue weighted by Gasteiger charge is 2.12. The largest absolute Gasteiger partial charge is 0.481 e. The zero-order valence-electron chi connectivity index (χ0n) is 14.7. The molecule has 0 saturated heterocycles. The molecule has 0 bridgehead atoms. The smallest absolute Gasteiger partial charge is 0.343 e. The Kier molecular flexibility index (Phi) is 6.82. The molecule has 1 aromatic carbocycles. The fraction of sp³-hybridized carbons (Fsp3) is 0.421. The van der Waals surface area contributed by atoms with Gasteiger partial charge in [-0.05, 0) is 48.4 Å². The predicted octanol–water partition coefficient (Wildman–Crippen LogP) is 4.16. The van der Waals surface area contributed by atoms with Crippen LogP contribution >= 0.6 is 11.3 Å². The molecule has 1 heterocycles. The van der Waals surface area contributed by atoms with Crippen molar-refractivity contribution in [2.75, 3.05) is 13.7 Å². The van der Waals surface area contributed by atoms with Crippen LogP contribution < -0.4 is 10.1 Å². The molecule has 0 fully saturated rings. The second-order valence-corrected chi connectivity index (χ2v) is 6.76. The molecule has 1 unspecified atom stereocenters. The Morgan fingerprint density at radius 3 is 2.54 bits per heavy atom. The Bertz CT molecular complexity index is 644. The molecule has 0 radical (unpaired) electrons. The van der Waals surface area contributed by atoms with E-state index in [0.717, 1.165) is 29.8 Å². The van der Waals surface area contributed by atoms with Crippen molar-refractivity contribution >= 4 is 17.3 Å². The highest BCUT2D eigenvalue weighted by atomic mass is 32.1. The number of rotatable bonds is 8. The number of methoxy groups -OCH3 is 1.